The highest BCUT2D eigenvalue weighted by Gasteiger charge is 2.30. The van der Waals surface area contributed by atoms with Crippen LogP contribution in [0, 0.1) is 29.6 Å². The lowest BCUT2D eigenvalue weighted by Gasteiger charge is -2.37. The summed E-state index contributed by atoms with van der Waals surface area (Å²) in [6.07, 6.45) is 24.0. The van der Waals surface area contributed by atoms with E-state index >= 15 is 0 Å². The molecule has 1 saturated heterocycles. The summed E-state index contributed by atoms with van der Waals surface area (Å²) >= 11 is 0. The second-order valence-corrected chi connectivity index (χ2v) is 9.35. The first kappa shape index (κ1) is 19.5. The Balaban J connectivity index is 1.34. The molecule has 3 fully saturated rings. The molecular weight excluding hydrogens is 304 g/mol. The third-order valence-corrected chi connectivity index (χ3v) is 7.65. The molecule has 2 aliphatic carbocycles. The van der Waals surface area contributed by atoms with Gasteiger partial charge in [0, 0.05) is 0 Å². The van der Waals surface area contributed by atoms with Gasteiger partial charge in [-0.25, -0.2) is 0 Å². The normalized spacial score (nSPS) is 40.4. The summed E-state index contributed by atoms with van der Waals surface area (Å²) in [5.74, 6) is 4.81. The summed E-state index contributed by atoms with van der Waals surface area (Å²) in [6, 6.07) is 0. The summed E-state index contributed by atoms with van der Waals surface area (Å²) in [6.45, 7) is 5.62. The Morgan fingerprint density at radius 3 is 1.92 bits per heavy atom. The molecule has 0 amide bonds. The Hall–Kier alpha value is -0.300. The van der Waals surface area contributed by atoms with E-state index in [9.17, 15) is 0 Å². The first-order valence-electron chi connectivity index (χ1n) is 11.6. The lowest BCUT2D eigenvalue weighted by atomic mass is 9.68. The van der Waals surface area contributed by atoms with Gasteiger partial charge in [0.05, 0.1) is 12.7 Å². The minimum Gasteiger partial charge on any atom is -0.374 e. The maximum atomic E-state index is 6.03. The minimum atomic E-state index is 0.411. The van der Waals surface area contributed by atoms with Crippen LogP contribution in [0.2, 0.25) is 0 Å². The Bertz CT molecular complexity index is 377. The lowest BCUT2D eigenvalue weighted by molar-refractivity contribution is 0.00963. The summed E-state index contributed by atoms with van der Waals surface area (Å²) in [5.41, 5.74) is 0. The molecule has 0 bridgehead atoms. The van der Waals surface area contributed by atoms with E-state index in [1.807, 2.05) is 0 Å². The fourth-order valence-electron chi connectivity index (χ4n) is 5.75. The van der Waals surface area contributed by atoms with Crippen molar-refractivity contribution in [2.45, 2.75) is 103 Å². The molecule has 1 aliphatic heterocycles. The Labute approximate surface area is 157 Å². The molecule has 3 rings (SSSR count). The van der Waals surface area contributed by atoms with Crippen LogP contribution in [-0.4, -0.2) is 12.7 Å². The van der Waals surface area contributed by atoms with E-state index in [0.29, 0.717) is 6.10 Å². The summed E-state index contributed by atoms with van der Waals surface area (Å²) in [7, 11) is 0. The highest BCUT2D eigenvalue weighted by atomic mass is 16.5. The van der Waals surface area contributed by atoms with E-state index in [4.69, 9.17) is 4.74 Å². The molecule has 25 heavy (non-hydrogen) atoms. The molecule has 0 aromatic rings. The molecule has 144 valence electrons. The van der Waals surface area contributed by atoms with E-state index in [2.05, 4.69) is 26.0 Å². The number of hydrogen-bond donors (Lipinski definition) is 0. The van der Waals surface area contributed by atoms with Gasteiger partial charge in [-0.1, -0.05) is 58.1 Å². The van der Waals surface area contributed by atoms with E-state index < -0.39 is 0 Å². The molecule has 0 N–H and O–H groups in total. The molecule has 2 atom stereocenters. The van der Waals surface area contributed by atoms with Crippen LogP contribution in [0.25, 0.3) is 0 Å². The predicted molar refractivity (Wildman–Crippen MR) is 108 cm³/mol. The van der Waals surface area contributed by atoms with E-state index in [-0.39, 0.29) is 0 Å². The fraction of sp³-hybridized carbons (Fsp3) is 0.917. The van der Waals surface area contributed by atoms with Crippen LogP contribution >= 0.6 is 0 Å². The van der Waals surface area contributed by atoms with Crippen molar-refractivity contribution in [3.8, 4) is 0 Å². The third-order valence-electron chi connectivity index (χ3n) is 7.65. The fourth-order valence-corrected chi connectivity index (χ4v) is 5.75. The zero-order valence-electron chi connectivity index (χ0n) is 16.9. The summed E-state index contributed by atoms with van der Waals surface area (Å²) in [5, 5.41) is 0. The smallest absolute Gasteiger partial charge is 0.0756 e. The van der Waals surface area contributed by atoms with Crippen molar-refractivity contribution in [2.75, 3.05) is 6.61 Å². The monoisotopic (exact) mass is 346 g/mol. The van der Waals surface area contributed by atoms with E-state index in [1.165, 1.54) is 83.5 Å². The van der Waals surface area contributed by atoms with Gasteiger partial charge in [0.1, 0.15) is 0 Å². The molecule has 0 spiro atoms. The average Bonchev–Trinajstić information content (AvgIpc) is 2.68. The van der Waals surface area contributed by atoms with Gasteiger partial charge in [-0.2, -0.15) is 0 Å². The molecule has 2 saturated carbocycles. The van der Waals surface area contributed by atoms with Gasteiger partial charge in [-0.3, -0.25) is 0 Å². The van der Waals surface area contributed by atoms with Crippen molar-refractivity contribution in [1.82, 2.24) is 0 Å². The van der Waals surface area contributed by atoms with Gasteiger partial charge in [0.15, 0.2) is 0 Å². The SMILES string of the molecule is CCCC1CCC(C2CCC(C=CC3CCC(CC)CO3)CC2)CC1. The molecule has 2 unspecified atom stereocenters. The van der Waals surface area contributed by atoms with Crippen molar-refractivity contribution < 1.29 is 4.74 Å². The van der Waals surface area contributed by atoms with Crippen LogP contribution in [0.5, 0.6) is 0 Å². The lowest BCUT2D eigenvalue weighted by Crippen LogP contribution is -2.26. The molecule has 0 aromatic carbocycles. The zero-order chi connectivity index (χ0) is 17.5. The molecule has 1 heteroatoms. The second kappa shape index (κ2) is 10.1. The van der Waals surface area contributed by atoms with E-state index in [1.54, 1.807) is 0 Å². The molecule has 0 radical (unpaired) electrons. The Morgan fingerprint density at radius 2 is 1.36 bits per heavy atom. The van der Waals surface area contributed by atoms with Gasteiger partial charge in [0.25, 0.3) is 0 Å². The third kappa shape index (κ3) is 5.84. The van der Waals surface area contributed by atoms with Gasteiger partial charge in [0.2, 0.25) is 0 Å². The van der Waals surface area contributed by atoms with E-state index in [0.717, 1.165) is 36.2 Å². The predicted octanol–water partition coefficient (Wildman–Crippen LogP) is 7.16. The highest BCUT2D eigenvalue weighted by Crippen LogP contribution is 2.42. The molecule has 3 aliphatic rings. The first-order valence-corrected chi connectivity index (χ1v) is 11.6. The minimum absolute atomic E-state index is 0.411. The van der Waals surface area contributed by atoms with Crippen LogP contribution in [0.3, 0.4) is 0 Å². The molecule has 1 heterocycles. The Morgan fingerprint density at radius 1 is 0.720 bits per heavy atom. The summed E-state index contributed by atoms with van der Waals surface area (Å²) in [4.78, 5) is 0. The topological polar surface area (TPSA) is 9.23 Å². The molecule has 0 aromatic heterocycles. The maximum absolute atomic E-state index is 6.03. The van der Waals surface area contributed by atoms with Crippen molar-refractivity contribution in [1.29, 1.82) is 0 Å². The van der Waals surface area contributed by atoms with Crippen LogP contribution in [0.1, 0.15) is 97.3 Å². The van der Waals surface area contributed by atoms with Gasteiger partial charge < -0.3 is 4.74 Å². The maximum Gasteiger partial charge on any atom is 0.0756 e. The average molecular weight is 347 g/mol. The Kier molecular flexibility index (Phi) is 7.90. The number of ether oxygens (including phenoxy) is 1. The van der Waals surface area contributed by atoms with Gasteiger partial charge in [-0.05, 0) is 81.0 Å². The van der Waals surface area contributed by atoms with Crippen molar-refractivity contribution >= 4 is 0 Å². The van der Waals surface area contributed by atoms with Gasteiger partial charge in [-0.15, -0.1) is 0 Å². The zero-order valence-corrected chi connectivity index (χ0v) is 16.9. The first-order chi connectivity index (χ1) is 12.3. The summed E-state index contributed by atoms with van der Waals surface area (Å²) < 4.78 is 6.03. The van der Waals surface area contributed by atoms with Gasteiger partial charge >= 0.3 is 0 Å². The van der Waals surface area contributed by atoms with Crippen molar-refractivity contribution in [3.63, 3.8) is 0 Å². The van der Waals surface area contributed by atoms with Crippen LogP contribution in [0.15, 0.2) is 12.2 Å². The number of allylic oxidation sites excluding steroid dienone is 1. The van der Waals surface area contributed by atoms with Crippen LogP contribution in [-0.2, 0) is 4.74 Å². The van der Waals surface area contributed by atoms with Crippen molar-refractivity contribution in [2.24, 2.45) is 29.6 Å². The standard InChI is InChI=1S/C24H42O/c1-3-5-20-6-12-22(13-7-20)23-14-8-21(9-15-23)11-17-24-16-10-19(4-2)18-25-24/h11,17,19-24H,3-10,12-16,18H2,1-2H3. The second-order valence-electron chi connectivity index (χ2n) is 9.35. The highest BCUT2D eigenvalue weighted by molar-refractivity contribution is 4.97. The molecule has 1 nitrogen and oxygen atoms in total. The van der Waals surface area contributed by atoms with Crippen LogP contribution < -0.4 is 0 Å². The van der Waals surface area contributed by atoms with Crippen LogP contribution in [0.4, 0.5) is 0 Å². The van der Waals surface area contributed by atoms with Crippen molar-refractivity contribution in [3.05, 3.63) is 12.2 Å². The number of hydrogen-bond acceptors (Lipinski definition) is 1. The number of rotatable bonds is 6. The molecular formula is C24H42O. The largest absolute Gasteiger partial charge is 0.374 e. The quantitative estimate of drug-likeness (QED) is 0.463.